The molecule has 2 rings (SSSR count). The summed E-state index contributed by atoms with van der Waals surface area (Å²) in [6, 6.07) is 11.7. The van der Waals surface area contributed by atoms with Gasteiger partial charge in [-0.1, -0.05) is 12.1 Å². The number of hydrogen-bond donors (Lipinski definition) is 0. The van der Waals surface area contributed by atoms with Crippen LogP contribution >= 0.6 is 0 Å². The zero-order valence-electron chi connectivity index (χ0n) is 13.5. The van der Waals surface area contributed by atoms with Gasteiger partial charge in [-0.3, -0.25) is 4.79 Å². The molecule has 1 amide bonds. The number of hydrogen-bond acceptors (Lipinski definition) is 3. The first-order valence-electron chi connectivity index (χ1n) is 7.53. The lowest BCUT2D eigenvalue weighted by Crippen LogP contribution is -2.26. The number of rotatable bonds is 7. The van der Waals surface area contributed by atoms with Gasteiger partial charge in [0.25, 0.3) is 0 Å². The van der Waals surface area contributed by atoms with Crippen molar-refractivity contribution >= 4 is 5.91 Å². The standard InChI is InChI=1S/C18H23NO3/c1-14-6-4-7-16(12-14)21-11-5-8-18(20)19(3)13-17-10-9-15(2)22-17/h4,6-7,9-10,12H,5,8,11,13H2,1-3H3. The highest BCUT2D eigenvalue weighted by Gasteiger charge is 2.11. The summed E-state index contributed by atoms with van der Waals surface area (Å²) >= 11 is 0. The van der Waals surface area contributed by atoms with Crippen LogP contribution in [0.15, 0.2) is 40.8 Å². The zero-order valence-corrected chi connectivity index (χ0v) is 13.5. The van der Waals surface area contributed by atoms with Crippen LogP contribution in [0.1, 0.15) is 29.9 Å². The second-order valence-corrected chi connectivity index (χ2v) is 5.53. The molecule has 4 heteroatoms. The summed E-state index contributed by atoms with van der Waals surface area (Å²) in [6.45, 7) is 4.98. The van der Waals surface area contributed by atoms with Gasteiger partial charge in [0, 0.05) is 13.5 Å². The summed E-state index contributed by atoms with van der Waals surface area (Å²) in [5.41, 5.74) is 1.17. The lowest BCUT2D eigenvalue weighted by Gasteiger charge is -2.15. The molecule has 0 bridgehead atoms. The molecule has 0 unspecified atom stereocenters. The summed E-state index contributed by atoms with van der Waals surface area (Å²) in [7, 11) is 1.79. The van der Waals surface area contributed by atoms with Crippen molar-refractivity contribution in [1.82, 2.24) is 4.90 Å². The molecular weight excluding hydrogens is 278 g/mol. The van der Waals surface area contributed by atoms with Gasteiger partial charge in [-0.2, -0.15) is 0 Å². The summed E-state index contributed by atoms with van der Waals surface area (Å²) in [6.07, 6.45) is 1.18. The molecule has 1 aromatic carbocycles. The number of aryl methyl sites for hydroxylation is 2. The van der Waals surface area contributed by atoms with Gasteiger partial charge in [0.15, 0.2) is 0 Å². The maximum absolute atomic E-state index is 12.0. The average Bonchev–Trinajstić information content (AvgIpc) is 2.88. The first-order chi connectivity index (χ1) is 10.5. The van der Waals surface area contributed by atoms with E-state index in [0.29, 0.717) is 26.0 Å². The highest BCUT2D eigenvalue weighted by atomic mass is 16.5. The van der Waals surface area contributed by atoms with Crippen molar-refractivity contribution in [2.75, 3.05) is 13.7 Å². The summed E-state index contributed by atoms with van der Waals surface area (Å²) in [4.78, 5) is 13.7. The number of amides is 1. The van der Waals surface area contributed by atoms with Gasteiger partial charge in [0.05, 0.1) is 13.2 Å². The minimum absolute atomic E-state index is 0.0990. The van der Waals surface area contributed by atoms with Crippen LogP contribution in [-0.2, 0) is 11.3 Å². The van der Waals surface area contributed by atoms with Crippen molar-refractivity contribution in [1.29, 1.82) is 0 Å². The van der Waals surface area contributed by atoms with Crippen molar-refractivity contribution in [2.45, 2.75) is 33.2 Å². The fourth-order valence-electron chi connectivity index (χ4n) is 2.20. The maximum Gasteiger partial charge on any atom is 0.222 e. The third-order valence-electron chi connectivity index (χ3n) is 3.41. The van der Waals surface area contributed by atoms with E-state index in [9.17, 15) is 4.79 Å². The molecule has 0 saturated heterocycles. The third kappa shape index (κ3) is 4.95. The first-order valence-corrected chi connectivity index (χ1v) is 7.53. The van der Waals surface area contributed by atoms with Crippen molar-refractivity contribution in [3.05, 3.63) is 53.5 Å². The van der Waals surface area contributed by atoms with E-state index in [1.54, 1.807) is 11.9 Å². The topological polar surface area (TPSA) is 42.7 Å². The highest BCUT2D eigenvalue weighted by Crippen LogP contribution is 2.13. The summed E-state index contributed by atoms with van der Waals surface area (Å²) < 4.78 is 11.1. The van der Waals surface area contributed by atoms with Crippen LogP contribution in [0.2, 0.25) is 0 Å². The van der Waals surface area contributed by atoms with Crippen LogP contribution < -0.4 is 4.74 Å². The van der Waals surface area contributed by atoms with Gasteiger partial charge in [0.2, 0.25) is 5.91 Å². The first kappa shape index (κ1) is 16.1. The number of ether oxygens (including phenoxy) is 1. The Morgan fingerprint density at radius 2 is 2.05 bits per heavy atom. The Labute approximate surface area is 131 Å². The molecule has 0 radical (unpaired) electrons. The van der Waals surface area contributed by atoms with Crippen LogP contribution in [-0.4, -0.2) is 24.5 Å². The molecule has 118 valence electrons. The van der Waals surface area contributed by atoms with Crippen LogP contribution in [0, 0.1) is 13.8 Å². The number of nitrogens with zero attached hydrogens (tertiary/aromatic N) is 1. The molecule has 0 aliphatic rings. The van der Waals surface area contributed by atoms with E-state index in [1.165, 1.54) is 5.56 Å². The molecule has 0 spiro atoms. The Morgan fingerprint density at radius 1 is 1.23 bits per heavy atom. The van der Waals surface area contributed by atoms with E-state index in [0.717, 1.165) is 17.3 Å². The lowest BCUT2D eigenvalue weighted by atomic mass is 10.2. The number of carbonyl (C=O) groups is 1. The molecule has 0 fully saturated rings. The molecule has 0 N–H and O–H groups in total. The number of benzene rings is 1. The van der Waals surface area contributed by atoms with Crippen LogP contribution in [0.5, 0.6) is 5.75 Å². The van der Waals surface area contributed by atoms with E-state index in [1.807, 2.05) is 50.2 Å². The molecule has 4 nitrogen and oxygen atoms in total. The Balaban J connectivity index is 1.68. The lowest BCUT2D eigenvalue weighted by molar-refractivity contribution is -0.130. The largest absolute Gasteiger partial charge is 0.494 e. The Morgan fingerprint density at radius 3 is 2.73 bits per heavy atom. The van der Waals surface area contributed by atoms with Crippen LogP contribution in [0.25, 0.3) is 0 Å². The van der Waals surface area contributed by atoms with E-state index in [2.05, 4.69) is 0 Å². The second-order valence-electron chi connectivity index (χ2n) is 5.53. The zero-order chi connectivity index (χ0) is 15.9. The minimum Gasteiger partial charge on any atom is -0.494 e. The molecular formula is C18H23NO3. The van der Waals surface area contributed by atoms with Crippen molar-refractivity contribution in [3.63, 3.8) is 0 Å². The predicted octanol–water partition coefficient (Wildman–Crippen LogP) is 3.71. The van der Waals surface area contributed by atoms with Crippen molar-refractivity contribution in [2.24, 2.45) is 0 Å². The normalized spacial score (nSPS) is 10.5. The molecule has 0 aliphatic heterocycles. The monoisotopic (exact) mass is 301 g/mol. The van der Waals surface area contributed by atoms with Gasteiger partial charge >= 0.3 is 0 Å². The Kier molecular flexibility index (Phi) is 5.64. The number of carbonyl (C=O) groups excluding carboxylic acids is 1. The molecule has 0 aliphatic carbocycles. The van der Waals surface area contributed by atoms with E-state index < -0.39 is 0 Å². The van der Waals surface area contributed by atoms with E-state index >= 15 is 0 Å². The smallest absolute Gasteiger partial charge is 0.222 e. The Bertz CT molecular complexity index is 618. The van der Waals surface area contributed by atoms with Gasteiger partial charge in [-0.25, -0.2) is 0 Å². The summed E-state index contributed by atoms with van der Waals surface area (Å²) in [5.74, 6) is 2.63. The quantitative estimate of drug-likeness (QED) is 0.732. The minimum atomic E-state index is 0.0990. The SMILES string of the molecule is Cc1cccc(OCCCC(=O)N(C)Cc2ccc(C)o2)c1. The van der Waals surface area contributed by atoms with E-state index in [-0.39, 0.29) is 5.91 Å². The van der Waals surface area contributed by atoms with Crippen molar-refractivity contribution < 1.29 is 13.9 Å². The molecule has 2 aromatic rings. The van der Waals surface area contributed by atoms with Gasteiger partial charge in [-0.05, 0) is 50.1 Å². The predicted molar refractivity (Wildman–Crippen MR) is 85.8 cm³/mol. The van der Waals surface area contributed by atoms with E-state index in [4.69, 9.17) is 9.15 Å². The molecule has 22 heavy (non-hydrogen) atoms. The fourth-order valence-corrected chi connectivity index (χ4v) is 2.20. The van der Waals surface area contributed by atoms with Crippen molar-refractivity contribution in [3.8, 4) is 5.75 Å². The molecule has 0 atom stereocenters. The summed E-state index contributed by atoms with van der Waals surface area (Å²) in [5, 5.41) is 0. The van der Waals surface area contributed by atoms with Gasteiger partial charge in [0.1, 0.15) is 17.3 Å². The average molecular weight is 301 g/mol. The van der Waals surface area contributed by atoms with Crippen LogP contribution in [0.3, 0.4) is 0 Å². The van der Waals surface area contributed by atoms with Crippen LogP contribution in [0.4, 0.5) is 0 Å². The third-order valence-corrected chi connectivity index (χ3v) is 3.41. The second kappa shape index (κ2) is 7.69. The number of furan rings is 1. The van der Waals surface area contributed by atoms with Gasteiger partial charge in [-0.15, -0.1) is 0 Å². The fraction of sp³-hybridized carbons (Fsp3) is 0.389. The molecule has 0 saturated carbocycles. The highest BCUT2D eigenvalue weighted by molar-refractivity contribution is 5.75. The molecule has 1 aromatic heterocycles. The molecule has 1 heterocycles. The Hall–Kier alpha value is -2.23. The maximum atomic E-state index is 12.0. The van der Waals surface area contributed by atoms with Gasteiger partial charge < -0.3 is 14.1 Å².